The molecule has 374 valence electrons. The van der Waals surface area contributed by atoms with Gasteiger partial charge in [0, 0.05) is 29.8 Å². The number of hydrogen-bond acceptors (Lipinski definition) is 6. The maximum Gasteiger partial charge on any atom is 0.264 e. The first-order chi connectivity index (χ1) is 33.2. The lowest BCUT2D eigenvalue weighted by Crippen LogP contribution is -2.29. The van der Waals surface area contributed by atoms with Crippen molar-refractivity contribution in [1.29, 1.82) is 0 Å². The van der Waals surface area contributed by atoms with Crippen molar-refractivity contribution in [3.8, 4) is 0 Å². The van der Waals surface area contributed by atoms with E-state index in [0.29, 0.717) is 29.4 Å². The van der Waals surface area contributed by atoms with Crippen LogP contribution in [0.2, 0.25) is 0 Å². The molecule has 1 saturated heterocycles. The number of benzene rings is 7. The van der Waals surface area contributed by atoms with Gasteiger partial charge in [0.05, 0.1) is 19.5 Å². The fourth-order valence-corrected chi connectivity index (χ4v) is 9.74. The molecule has 1 aliphatic rings. The smallest absolute Gasteiger partial charge is 0.264 e. The summed E-state index contributed by atoms with van der Waals surface area (Å²) < 4.78 is 132. The molecule has 0 aromatic heterocycles. The lowest BCUT2D eigenvalue weighted by molar-refractivity contribution is 0.00957. The van der Waals surface area contributed by atoms with E-state index < -0.39 is 81.4 Å². The van der Waals surface area contributed by atoms with Gasteiger partial charge in [-0.25, -0.2) is 35.1 Å². The molecule has 7 aromatic rings. The average Bonchev–Trinajstić information content (AvgIpc) is 4.06. The molecule has 0 aliphatic carbocycles. The number of ketones is 1. The van der Waals surface area contributed by atoms with Gasteiger partial charge in [0.15, 0.2) is 5.78 Å². The first-order valence-corrected chi connectivity index (χ1v) is 25.1. The molecule has 7 aromatic carbocycles. The Bertz CT molecular complexity index is 2830. The number of hydrogen-bond donors (Lipinski definition) is 1. The van der Waals surface area contributed by atoms with Crippen molar-refractivity contribution in [3.63, 3.8) is 0 Å². The Labute approximate surface area is 409 Å². The number of halogens is 8. The van der Waals surface area contributed by atoms with Crippen LogP contribution in [-0.4, -0.2) is 45.1 Å². The quantitative estimate of drug-likeness (QED) is 0.0482. The van der Waals surface area contributed by atoms with Gasteiger partial charge in [0.2, 0.25) is 0 Å². The summed E-state index contributed by atoms with van der Waals surface area (Å²) >= 11 is 0. The third-order valence-electron chi connectivity index (χ3n) is 10.3. The number of aliphatic hydroxyl groups is 1. The van der Waals surface area contributed by atoms with Gasteiger partial charge in [-0.3, -0.25) is 8.98 Å². The van der Waals surface area contributed by atoms with Crippen LogP contribution in [-0.2, 0) is 30.2 Å². The normalized spacial score (nSPS) is 14.5. The van der Waals surface area contributed by atoms with Crippen LogP contribution in [0, 0.1) is 46.5 Å². The molecule has 2 atom stereocenters. The zero-order valence-corrected chi connectivity index (χ0v) is 41.0. The summed E-state index contributed by atoms with van der Waals surface area (Å²) in [6.45, 7) is 7.69. The molecule has 16 heteroatoms. The zero-order valence-electron chi connectivity index (χ0n) is 39.3. The Hall–Kier alpha value is -6.48. The van der Waals surface area contributed by atoms with Crippen LogP contribution in [0.25, 0.3) is 5.57 Å². The number of carbonyl (C=O) groups is 1. The van der Waals surface area contributed by atoms with Crippen molar-refractivity contribution < 1.29 is 62.4 Å². The Morgan fingerprint density at radius 2 is 0.930 bits per heavy atom. The number of carbonyl (C=O) groups excluding carboxylic acids is 1. The summed E-state index contributed by atoms with van der Waals surface area (Å²) in [5.41, 5.74) is -0.568. The fraction of sp³-hybridized carbons (Fsp3) is 0.164. The number of Topliss-reactive ketones (excluding diaryl/α,β-unsaturated/α-hetero) is 1. The Morgan fingerprint density at radius 1 is 0.620 bits per heavy atom. The summed E-state index contributed by atoms with van der Waals surface area (Å²) in [6.07, 6.45) is 5.51. The van der Waals surface area contributed by atoms with E-state index in [1.165, 1.54) is 54.0 Å². The molecule has 1 N–H and O–H groups in total. The number of allylic oxidation sites excluding steroid dienone is 1. The fourth-order valence-electron chi connectivity index (χ4n) is 6.36. The predicted molar refractivity (Wildman–Crippen MR) is 266 cm³/mol. The molecule has 0 bridgehead atoms. The molecule has 1 aliphatic heterocycles. The van der Waals surface area contributed by atoms with Gasteiger partial charge in [-0.15, -0.1) is 0 Å². The van der Waals surface area contributed by atoms with Gasteiger partial charge in [-0.1, -0.05) is 109 Å². The van der Waals surface area contributed by atoms with Gasteiger partial charge in [-0.2, -0.15) is 8.42 Å². The first kappa shape index (κ1) is 57.1. The molecule has 0 unspecified atom stereocenters. The predicted octanol–water partition coefficient (Wildman–Crippen LogP) is 11.9. The van der Waals surface area contributed by atoms with Crippen LogP contribution in [0.15, 0.2) is 170 Å². The molecule has 0 spiro atoms. The number of epoxide rings is 1. The largest absolute Gasteiger partial charge is 0.383 e. The molecule has 0 radical (unpaired) electrons. The van der Waals surface area contributed by atoms with E-state index in [2.05, 4.69) is 102 Å². The molecular formula is C55H51F8O6PS. The molecule has 8 rings (SSSR count). The van der Waals surface area contributed by atoms with Crippen LogP contribution < -0.4 is 15.9 Å². The van der Waals surface area contributed by atoms with E-state index in [-0.39, 0.29) is 16.9 Å². The monoisotopic (exact) mass is 1020 g/mol. The average molecular weight is 1020 g/mol. The molecular weight excluding hydrogens is 972 g/mol. The second-order valence-electron chi connectivity index (χ2n) is 16.5. The Kier molecular flexibility index (Phi) is 20.2. The third kappa shape index (κ3) is 18.0. The second-order valence-corrected chi connectivity index (χ2v) is 21.4. The summed E-state index contributed by atoms with van der Waals surface area (Å²) in [4.78, 5) is 10.6. The summed E-state index contributed by atoms with van der Waals surface area (Å²) in [5, 5.41) is 13.8. The second kappa shape index (κ2) is 25.1. The highest BCUT2D eigenvalue weighted by molar-refractivity contribution is 7.93. The molecule has 71 heavy (non-hydrogen) atoms. The van der Waals surface area contributed by atoms with Crippen molar-refractivity contribution in [2.45, 2.75) is 38.9 Å². The van der Waals surface area contributed by atoms with Crippen LogP contribution in [0.5, 0.6) is 0 Å². The van der Waals surface area contributed by atoms with E-state index >= 15 is 0 Å². The van der Waals surface area contributed by atoms with Crippen molar-refractivity contribution in [1.82, 2.24) is 0 Å². The van der Waals surface area contributed by atoms with Crippen LogP contribution in [0.3, 0.4) is 0 Å². The minimum Gasteiger partial charge on any atom is -0.383 e. The van der Waals surface area contributed by atoms with Gasteiger partial charge in [0.25, 0.3) is 10.1 Å². The van der Waals surface area contributed by atoms with Gasteiger partial charge in [-0.05, 0) is 116 Å². The summed E-state index contributed by atoms with van der Waals surface area (Å²) in [6, 6.07) is 44.0. The van der Waals surface area contributed by atoms with Crippen molar-refractivity contribution in [2.75, 3.05) is 19.5 Å². The van der Waals surface area contributed by atoms with Gasteiger partial charge >= 0.3 is 0 Å². The lowest BCUT2D eigenvalue weighted by atomic mass is 9.97. The van der Waals surface area contributed by atoms with Gasteiger partial charge < -0.3 is 9.84 Å². The van der Waals surface area contributed by atoms with Crippen LogP contribution in [0.4, 0.5) is 35.1 Å². The maximum absolute atomic E-state index is 12.9. The zero-order chi connectivity index (χ0) is 52.7. The highest BCUT2D eigenvalue weighted by atomic mass is 32.2. The minimum atomic E-state index is -3.73. The molecule has 6 nitrogen and oxygen atoms in total. The number of rotatable bonds is 10. The Balaban J connectivity index is 0.000000197. The SMILES string of the molecule is C=C(C)c1cc(F)cc(F)c1.C=P(c1ccccc1)(c1ccccc1)c1ccccc1.CC(=O)c1cc(F)cc(F)c1.C[C@@](O)(COS(C)(=O)=O)c1cc(F)cc(F)c1.C[C@]1(c2cc(F)cc(F)c2)CO1. The van der Waals surface area contributed by atoms with Gasteiger partial charge in [0.1, 0.15) is 57.7 Å². The van der Waals surface area contributed by atoms with E-state index in [0.717, 1.165) is 48.7 Å². The molecule has 0 saturated carbocycles. The van der Waals surface area contributed by atoms with Crippen molar-refractivity contribution in [2.24, 2.45) is 0 Å². The van der Waals surface area contributed by atoms with Crippen LogP contribution in [0.1, 0.15) is 54.7 Å². The highest BCUT2D eigenvalue weighted by Crippen LogP contribution is 2.41. The van der Waals surface area contributed by atoms with E-state index in [1.807, 2.05) is 0 Å². The topological polar surface area (TPSA) is 93.2 Å². The van der Waals surface area contributed by atoms with Crippen molar-refractivity contribution in [3.05, 3.63) is 239 Å². The molecule has 1 fully saturated rings. The van der Waals surface area contributed by atoms with Crippen LogP contribution >= 0.6 is 6.89 Å². The standard InChI is InChI=1S/C19H17P.C10H12F2O4S.C9H8F2O.C9H8F2.C8H6F2O/c1-20(17-11-5-2-6-12-17,18-13-7-3-8-14-18)19-15-9-4-10-16-19;1-10(13,6-16-17(2,14)15)7-3-8(11)5-9(12)4-7;1-9(5-12-9)6-2-7(10)4-8(11)3-6;1-6(2)7-3-8(10)5-9(11)4-7;1-5(11)6-2-7(9)4-8(10)3-6/h2-16H,1H2;3-5,13H,6H2,1-2H3;2-4H,5H2,1H3;3-5H,1H2,2H3;2-4H,1H3/t;10-;9-;;/m.11../s1. The minimum absolute atomic E-state index is 0.0579. The first-order valence-electron chi connectivity index (χ1n) is 21.3. The molecule has 1 heterocycles. The van der Waals surface area contributed by atoms with E-state index in [4.69, 9.17) is 11.0 Å². The van der Waals surface area contributed by atoms with E-state index in [1.54, 1.807) is 13.8 Å². The highest BCUT2D eigenvalue weighted by Gasteiger charge is 2.41. The van der Waals surface area contributed by atoms with E-state index in [9.17, 15) is 53.4 Å². The third-order valence-corrected chi connectivity index (χ3v) is 14.4. The lowest BCUT2D eigenvalue weighted by Gasteiger charge is -2.26. The number of ether oxygens (including phenoxy) is 1. The summed E-state index contributed by atoms with van der Waals surface area (Å²) in [7, 11) is -3.73. The summed E-state index contributed by atoms with van der Waals surface area (Å²) in [5.74, 6) is -5.76. The van der Waals surface area contributed by atoms with Crippen molar-refractivity contribution >= 4 is 50.6 Å². The Morgan fingerprint density at radius 3 is 1.23 bits per heavy atom. The maximum atomic E-state index is 12.9. The molecule has 0 amide bonds.